The van der Waals surface area contributed by atoms with Gasteiger partial charge >= 0.3 is 0 Å². The lowest BCUT2D eigenvalue weighted by Gasteiger charge is -2.37. The first-order valence-corrected chi connectivity index (χ1v) is 16.6. The normalized spacial score (nSPS) is 17.6. The predicted molar refractivity (Wildman–Crippen MR) is 180 cm³/mol. The molecule has 1 heterocycles. The zero-order valence-corrected chi connectivity index (χ0v) is 26.9. The number of benzene rings is 4. The first kappa shape index (κ1) is 32.0. The van der Waals surface area contributed by atoms with Crippen molar-refractivity contribution < 1.29 is 17.9 Å². The second kappa shape index (κ2) is 14.1. The molecule has 0 amide bonds. The number of amidine groups is 1. The van der Waals surface area contributed by atoms with Crippen LogP contribution in [0.4, 0.5) is 0 Å². The van der Waals surface area contributed by atoms with Gasteiger partial charge in [0.15, 0.2) is 11.5 Å². The van der Waals surface area contributed by atoms with Gasteiger partial charge in [0, 0.05) is 13.6 Å². The zero-order valence-electron chi connectivity index (χ0n) is 26.1. The van der Waals surface area contributed by atoms with Crippen molar-refractivity contribution in [3.63, 3.8) is 0 Å². The smallest absolute Gasteiger partial charge is 0.242 e. The second-order valence-electron chi connectivity index (χ2n) is 11.2. The summed E-state index contributed by atoms with van der Waals surface area (Å²) >= 11 is 0. The lowest BCUT2D eigenvalue weighted by molar-refractivity contribution is 0.351. The average molecular weight is 624 g/mol. The number of rotatable bonds is 14. The Kier molecular flexibility index (Phi) is 10.1. The molecule has 0 saturated carbocycles. The van der Waals surface area contributed by atoms with E-state index in [1.807, 2.05) is 66.7 Å². The van der Waals surface area contributed by atoms with Crippen molar-refractivity contribution in [2.45, 2.75) is 41.7 Å². The van der Waals surface area contributed by atoms with Crippen molar-refractivity contribution >= 4 is 15.9 Å². The number of sulfonamides is 1. The summed E-state index contributed by atoms with van der Waals surface area (Å²) in [7, 11) is 1.16. The van der Waals surface area contributed by atoms with Crippen molar-refractivity contribution in [1.82, 2.24) is 9.62 Å². The molecule has 234 valence electrons. The minimum atomic E-state index is -3.71. The molecule has 1 aliphatic heterocycles. The van der Waals surface area contributed by atoms with E-state index in [1.165, 1.54) is 4.31 Å². The first-order valence-electron chi connectivity index (χ1n) is 15.1. The van der Waals surface area contributed by atoms with Crippen LogP contribution in [-0.2, 0) is 15.4 Å². The van der Waals surface area contributed by atoms with Crippen LogP contribution in [0, 0.1) is 0 Å². The largest absolute Gasteiger partial charge is 0.493 e. The highest BCUT2D eigenvalue weighted by Gasteiger charge is 2.44. The summed E-state index contributed by atoms with van der Waals surface area (Å²) in [6.45, 7) is 4.29. The van der Waals surface area contributed by atoms with Crippen LogP contribution in [0.3, 0.4) is 0 Å². The molecule has 0 saturated heterocycles. The van der Waals surface area contributed by atoms with Crippen molar-refractivity contribution in [3.05, 3.63) is 139 Å². The molecule has 0 unspecified atom stereocenters. The highest BCUT2D eigenvalue weighted by Crippen LogP contribution is 2.45. The van der Waals surface area contributed by atoms with E-state index in [9.17, 15) is 8.42 Å². The number of nitrogens with zero attached hydrogens (tertiary/aromatic N) is 2. The molecule has 1 aliphatic rings. The Hall–Kier alpha value is -4.40. The molecule has 4 aromatic rings. The maximum absolute atomic E-state index is 13.6. The van der Waals surface area contributed by atoms with Gasteiger partial charge in [-0.25, -0.2) is 12.7 Å². The van der Waals surface area contributed by atoms with Crippen LogP contribution < -0.4 is 14.8 Å². The number of nitrogens with one attached hydrogen (secondary N) is 1. The molecule has 0 spiro atoms. The molecule has 0 radical (unpaired) electrons. The maximum atomic E-state index is 13.6. The molecule has 1 N–H and O–H groups in total. The van der Waals surface area contributed by atoms with Gasteiger partial charge in [-0.15, -0.1) is 6.58 Å². The molecule has 7 nitrogen and oxygen atoms in total. The van der Waals surface area contributed by atoms with Gasteiger partial charge in [-0.3, -0.25) is 4.99 Å². The molecule has 8 heteroatoms. The van der Waals surface area contributed by atoms with Gasteiger partial charge in [0.1, 0.15) is 11.9 Å². The van der Waals surface area contributed by atoms with Gasteiger partial charge in [0.2, 0.25) is 10.0 Å². The number of hydrogen-bond donors (Lipinski definition) is 1. The minimum absolute atomic E-state index is 0.113. The summed E-state index contributed by atoms with van der Waals surface area (Å²) in [6, 6.07) is 34.8. The molecule has 0 fully saturated rings. The Balaban J connectivity index is 1.64. The van der Waals surface area contributed by atoms with Crippen LogP contribution >= 0.6 is 0 Å². The van der Waals surface area contributed by atoms with E-state index in [4.69, 9.17) is 14.5 Å². The average Bonchev–Trinajstić information content (AvgIpc) is 3.55. The molecule has 0 bridgehead atoms. The number of ether oxygens (including phenoxy) is 2. The van der Waals surface area contributed by atoms with E-state index in [1.54, 1.807) is 45.5 Å². The SMILES string of the molecule is C=CCC[C@](CCN(C)S(=O)(=O)c1ccccc1)(C1=N[C@@H](c2ccccc2)[C@H](c2ccccc2)N1)c1ccc(OC)c(OC)c1. The summed E-state index contributed by atoms with van der Waals surface area (Å²) in [4.78, 5) is 5.71. The summed E-state index contributed by atoms with van der Waals surface area (Å²) in [6.07, 6.45) is 3.71. The van der Waals surface area contributed by atoms with E-state index >= 15 is 0 Å². The molecular weight excluding hydrogens is 582 g/mol. The minimum Gasteiger partial charge on any atom is -0.493 e. The van der Waals surface area contributed by atoms with Crippen LogP contribution in [0.1, 0.15) is 48.0 Å². The summed E-state index contributed by atoms with van der Waals surface area (Å²) in [5.74, 6) is 2.03. The van der Waals surface area contributed by atoms with Crippen LogP contribution in [0.2, 0.25) is 0 Å². The molecule has 0 aromatic heterocycles. The molecule has 4 aromatic carbocycles. The standard InChI is InChI=1S/C37H41N3O4S/c1-5-6-24-37(30-22-23-32(43-3)33(27-30)44-4,25-26-40(2)45(41,42)31-20-14-9-15-21-31)36-38-34(28-16-10-7-11-17-28)35(39-36)29-18-12-8-13-19-29/h5,7-23,27,34-35H,1,6,24-26H2,2-4H3,(H,38,39)/t34-,35-,37+/m0/s1. The third-order valence-electron chi connectivity index (χ3n) is 8.65. The summed E-state index contributed by atoms with van der Waals surface area (Å²) in [5, 5.41) is 3.84. The van der Waals surface area contributed by atoms with Crippen LogP contribution in [0.25, 0.3) is 0 Å². The predicted octanol–water partition coefficient (Wildman–Crippen LogP) is 7.10. The highest BCUT2D eigenvalue weighted by atomic mass is 32.2. The Bertz CT molecular complexity index is 1710. The van der Waals surface area contributed by atoms with E-state index in [2.05, 4.69) is 36.2 Å². The lowest BCUT2D eigenvalue weighted by Crippen LogP contribution is -2.45. The Morgan fingerprint density at radius 2 is 1.44 bits per heavy atom. The van der Waals surface area contributed by atoms with E-state index in [0.29, 0.717) is 30.8 Å². The van der Waals surface area contributed by atoms with Crippen molar-refractivity contribution in [2.24, 2.45) is 4.99 Å². The number of methoxy groups -OCH3 is 2. The van der Waals surface area contributed by atoms with Crippen LogP contribution in [0.15, 0.2) is 132 Å². The molecule has 0 aliphatic carbocycles. The maximum Gasteiger partial charge on any atom is 0.242 e. The van der Waals surface area contributed by atoms with E-state index < -0.39 is 15.4 Å². The number of aliphatic imine (C=N–C) groups is 1. The zero-order chi connectivity index (χ0) is 31.9. The number of allylic oxidation sites excluding steroid dienone is 1. The summed E-state index contributed by atoms with van der Waals surface area (Å²) in [5.41, 5.74) is 2.48. The fourth-order valence-corrected chi connectivity index (χ4v) is 7.29. The lowest BCUT2D eigenvalue weighted by atomic mass is 9.72. The van der Waals surface area contributed by atoms with Crippen molar-refractivity contribution in [3.8, 4) is 11.5 Å². The topological polar surface area (TPSA) is 80.2 Å². The molecule has 3 atom stereocenters. The molecule has 45 heavy (non-hydrogen) atoms. The van der Waals surface area contributed by atoms with E-state index in [0.717, 1.165) is 22.5 Å². The van der Waals surface area contributed by atoms with Gasteiger partial charge in [-0.2, -0.15) is 0 Å². The quantitative estimate of drug-likeness (QED) is 0.152. The van der Waals surface area contributed by atoms with Crippen molar-refractivity contribution in [2.75, 3.05) is 27.8 Å². The number of hydrogen-bond acceptors (Lipinski definition) is 6. The Labute approximate surface area is 267 Å². The van der Waals surface area contributed by atoms with Gasteiger partial charge in [0.05, 0.1) is 30.6 Å². The molecular formula is C37H41N3O4S. The third kappa shape index (κ3) is 6.67. The second-order valence-corrected chi connectivity index (χ2v) is 13.3. The van der Waals surface area contributed by atoms with Crippen molar-refractivity contribution in [1.29, 1.82) is 0 Å². The Morgan fingerprint density at radius 3 is 2.04 bits per heavy atom. The van der Waals surface area contributed by atoms with Gasteiger partial charge in [0.25, 0.3) is 0 Å². The fraction of sp³-hybridized carbons (Fsp3) is 0.270. The third-order valence-corrected chi connectivity index (χ3v) is 10.5. The van der Waals surface area contributed by atoms with Gasteiger partial charge < -0.3 is 14.8 Å². The van der Waals surface area contributed by atoms with Crippen LogP contribution in [-0.4, -0.2) is 46.4 Å². The van der Waals surface area contributed by atoms with Gasteiger partial charge in [-0.1, -0.05) is 91.0 Å². The fourth-order valence-electron chi connectivity index (χ4n) is 6.09. The first-order chi connectivity index (χ1) is 21.8. The van der Waals surface area contributed by atoms with E-state index in [-0.39, 0.29) is 23.5 Å². The van der Waals surface area contributed by atoms with Gasteiger partial charge in [-0.05, 0) is 60.2 Å². The highest BCUT2D eigenvalue weighted by molar-refractivity contribution is 7.89. The van der Waals surface area contributed by atoms with Crippen LogP contribution in [0.5, 0.6) is 11.5 Å². The Morgan fingerprint density at radius 1 is 0.844 bits per heavy atom. The molecule has 5 rings (SSSR count). The monoisotopic (exact) mass is 623 g/mol. The summed E-state index contributed by atoms with van der Waals surface area (Å²) < 4.78 is 40.0.